The minimum atomic E-state index is 0.710. The third kappa shape index (κ3) is 13.4. The SMILES string of the molecule is CCCCCCCCC/C=C/CCCC=O. The highest BCUT2D eigenvalue weighted by molar-refractivity contribution is 5.48. The second kappa shape index (κ2) is 14.4. The Morgan fingerprint density at radius 1 is 0.688 bits per heavy atom. The molecule has 0 aromatic heterocycles. The van der Waals surface area contributed by atoms with Crippen LogP contribution < -0.4 is 0 Å². The highest BCUT2D eigenvalue weighted by atomic mass is 16.1. The first-order valence-corrected chi connectivity index (χ1v) is 7.00. The molecule has 0 radical (unpaired) electrons. The third-order valence-corrected chi connectivity index (χ3v) is 2.83. The zero-order valence-electron chi connectivity index (χ0n) is 10.9. The lowest BCUT2D eigenvalue weighted by molar-refractivity contribution is -0.107. The summed E-state index contributed by atoms with van der Waals surface area (Å²) in [5, 5.41) is 0. The standard InChI is InChI=1S/C15H28O/c1-2-3-4-5-6-7-8-9-10-11-12-13-14-15-16/h10-11,15H,2-9,12-14H2,1H3/b11-10+. The number of unbranched alkanes of at least 4 members (excludes halogenated alkanes) is 9. The van der Waals surface area contributed by atoms with Crippen LogP contribution in [0.1, 0.15) is 77.6 Å². The van der Waals surface area contributed by atoms with Gasteiger partial charge in [-0.3, -0.25) is 0 Å². The van der Waals surface area contributed by atoms with Crippen LogP contribution in [0.5, 0.6) is 0 Å². The second-order valence-electron chi connectivity index (χ2n) is 4.48. The Labute approximate surface area is 101 Å². The zero-order chi connectivity index (χ0) is 11.9. The van der Waals surface area contributed by atoms with Gasteiger partial charge in [-0.05, 0) is 25.7 Å². The number of rotatable bonds is 12. The van der Waals surface area contributed by atoms with Crippen molar-refractivity contribution in [2.45, 2.75) is 77.6 Å². The molecule has 1 nitrogen and oxygen atoms in total. The predicted octanol–water partition coefficient (Wildman–Crippen LogP) is 5.05. The molecular weight excluding hydrogens is 196 g/mol. The van der Waals surface area contributed by atoms with Gasteiger partial charge in [0.25, 0.3) is 0 Å². The Kier molecular flexibility index (Phi) is 13.9. The largest absolute Gasteiger partial charge is 0.303 e. The summed E-state index contributed by atoms with van der Waals surface area (Å²) in [6.45, 7) is 2.26. The molecule has 0 aromatic rings. The van der Waals surface area contributed by atoms with Crippen molar-refractivity contribution in [1.29, 1.82) is 0 Å². The highest BCUT2D eigenvalue weighted by Crippen LogP contribution is 2.08. The molecule has 0 aromatic carbocycles. The molecule has 0 rings (SSSR count). The fourth-order valence-electron chi connectivity index (χ4n) is 1.77. The third-order valence-electron chi connectivity index (χ3n) is 2.83. The van der Waals surface area contributed by atoms with Gasteiger partial charge in [0.15, 0.2) is 0 Å². The van der Waals surface area contributed by atoms with Crippen molar-refractivity contribution in [3.63, 3.8) is 0 Å². The molecule has 0 fully saturated rings. The number of aldehydes is 1. The molecular formula is C15H28O. The Morgan fingerprint density at radius 2 is 1.25 bits per heavy atom. The lowest BCUT2D eigenvalue weighted by Gasteiger charge is -1.98. The minimum absolute atomic E-state index is 0.710. The van der Waals surface area contributed by atoms with Crippen LogP contribution in [0, 0.1) is 0 Å². The number of allylic oxidation sites excluding steroid dienone is 2. The second-order valence-corrected chi connectivity index (χ2v) is 4.48. The van der Waals surface area contributed by atoms with Crippen molar-refractivity contribution in [1.82, 2.24) is 0 Å². The van der Waals surface area contributed by atoms with Crippen LogP contribution in [-0.4, -0.2) is 6.29 Å². The molecule has 1 heteroatoms. The lowest BCUT2D eigenvalue weighted by Crippen LogP contribution is -1.79. The van der Waals surface area contributed by atoms with E-state index in [9.17, 15) is 4.79 Å². The number of carbonyl (C=O) groups excluding carboxylic acids is 1. The van der Waals surface area contributed by atoms with Crippen molar-refractivity contribution in [2.24, 2.45) is 0 Å². The fourth-order valence-corrected chi connectivity index (χ4v) is 1.77. The van der Waals surface area contributed by atoms with Gasteiger partial charge < -0.3 is 4.79 Å². The molecule has 0 bridgehead atoms. The summed E-state index contributed by atoms with van der Waals surface area (Å²) in [6.07, 6.45) is 19.2. The van der Waals surface area contributed by atoms with E-state index in [1.165, 1.54) is 51.4 Å². The van der Waals surface area contributed by atoms with Crippen molar-refractivity contribution in [3.05, 3.63) is 12.2 Å². The molecule has 0 saturated carbocycles. The molecule has 0 amide bonds. The molecule has 0 aliphatic rings. The molecule has 0 spiro atoms. The van der Waals surface area contributed by atoms with E-state index in [0.717, 1.165) is 19.1 Å². The minimum Gasteiger partial charge on any atom is -0.303 e. The van der Waals surface area contributed by atoms with E-state index in [1.54, 1.807) is 0 Å². The van der Waals surface area contributed by atoms with Crippen LogP contribution in [0.2, 0.25) is 0 Å². The molecule has 16 heavy (non-hydrogen) atoms. The van der Waals surface area contributed by atoms with Gasteiger partial charge in [0.2, 0.25) is 0 Å². The van der Waals surface area contributed by atoms with Gasteiger partial charge in [0.1, 0.15) is 6.29 Å². The normalized spacial score (nSPS) is 11.1. The van der Waals surface area contributed by atoms with Crippen molar-refractivity contribution >= 4 is 6.29 Å². The van der Waals surface area contributed by atoms with Gasteiger partial charge in [0, 0.05) is 6.42 Å². The molecule has 0 atom stereocenters. The highest BCUT2D eigenvalue weighted by Gasteiger charge is 1.89. The van der Waals surface area contributed by atoms with Gasteiger partial charge >= 0.3 is 0 Å². The van der Waals surface area contributed by atoms with Crippen LogP contribution in [0.25, 0.3) is 0 Å². The predicted molar refractivity (Wildman–Crippen MR) is 71.7 cm³/mol. The van der Waals surface area contributed by atoms with Gasteiger partial charge in [-0.15, -0.1) is 0 Å². The molecule has 0 aliphatic carbocycles. The van der Waals surface area contributed by atoms with Crippen LogP contribution >= 0.6 is 0 Å². The first kappa shape index (κ1) is 15.4. The Bertz CT molecular complexity index is 161. The summed E-state index contributed by atoms with van der Waals surface area (Å²) in [5.74, 6) is 0. The van der Waals surface area contributed by atoms with Crippen molar-refractivity contribution in [2.75, 3.05) is 0 Å². The first-order valence-electron chi connectivity index (χ1n) is 7.00. The van der Waals surface area contributed by atoms with Crippen LogP contribution in [0.4, 0.5) is 0 Å². The monoisotopic (exact) mass is 224 g/mol. The average Bonchev–Trinajstić information content (AvgIpc) is 2.31. The average molecular weight is 224 g/mol. The van der Waals surface area contributed by atoms with Gasteiger partial charge in [-0.25, -0.2) is 0 Å². The molecule has 94 valence electrons. The van der Waals surface area contributed by atoms with Gasteiger partial charge in [0.05, 0.1) is 0 Å². The van der Waals surface area contributed by atoms with E-state index in [4.69, 9.17) is 0 Å². The summed E-state index contributed by atoms with van der Waals surface area (Å²) < 4.78 is 0. The Balaban J connectivity index is 2.99. The number of carbonyl (C=O) groups is 1. The van der Waals surface area contributed by atoms with Crippen molar-refractivity contribution in [3.8, 4) is 0 Å². The smallest absolute Gasteiger partial charge is 0.120 e. The van der Waals surface area contributed by atoms with E-state index in [0.29, 0.717) is 6.42 Å². The Hall–Kier alpha value is -0.590. The quantitative estimate of drug-likeness (QED) is 0.257. The molecule has 0 unspecified atom stereocenters. The number of hydrogen-bond acceptors (Lipinski definition) is 1. The number of hydrogen-bond donors (Lipinski definition) is 0. The van der Waals surface area contributed by atoms with E-state index >= 15 is 0 Å². The first-order chi connectivity index (χ1) is 7.91. The molecule has 0 heterocycles. The summed E-state index contributed by atoms with van der Waals surface area (Å²) in [4.78, 5) is 10.1. The maximum atomic E-state index is 10.1. The summed E-state index contributed by atoms with van der Waals surface area (Å²) >= 11 is 0. The topological polar surface area (TPSA) is 17.1 Å². The molecule has 0 saturated heterocycles. The fraction of sp³-hybridized carbons (Fsp3) is 0.800. The maximum absolute atomic E-state index is 10.1. The van der Waals surface area contributed by atoms with E-state index in [-0.39, 0.29) is 0 Å². The van der Waals surface area contributed by atoms with Gasteiger partial charge in [-0.1, -0.05) is 57.6 Å². The van der Waals surface area contributed by atoms with Crippen LogP contribution in [0.3, 0.4) is 0 Å². The zero-order valence-corrected chi connectivity index (χ0v) is 10.9. The van der Waals surface area contributed by atoms with Crippen LogP contribution in [0.15, 0.2) is 12.2 Å². The molecule has 0 aliphatic heterocycles. The summed E-state index contributed by atoms with van der Waals surface area (Å²) in [6, 6.07) is 0. The van der Waals surface area contributed by atoms with Crippen LogP contribution in [-0.2, 0) is 4.79 Å². The lowest BCUT2D eigenvalue weighted by atomic mass is 10.1. The van der Waals surface area contributed by atoms with Gasteiger partial charge in [-0.2, -0.15) is 0 Å². The maximum Gasteiger partial charge on any atom is 0.120 e. The Morgan fingerprint density at radius 3 is 1.88 bits per heavy atom. The molecule has 0 N–H and O–H groups in total. The summed E-state index contributed by atoms with van der Waals surface area (Å²) in [5.41, 5.74) is 0. The van der Waals surface area contributed by atoms with E-state index < -0.39 is 0 Å². The van der Waals surface area contributed by atoms with E-state index in [2.05, 4.69) is 19.1 Å². The van der Waals surface area contributed by atoms with E-state index in [1.807, 2.05) is 0 Å². The summed E-state index contributed by atoms with van der Waals surface area (Å²) in [7, 11) is 0. The van der Waals surface area contributed by atoms with Crippen molar-refractivity contribution < 1.29 is 4.79 Å².